The van der Waals surface area contributed by atoms with Gasteiger partial charge in [-0.2, -0.15) is 0 Å². The molecule has 2 rings (SSSR count). The lowest BCUT2D eigenvalue weighted by Gasteiger charge is -2.60. The predicted molar refractivity (Wildman–Crippen MR) is 45.9 cm³/mol. The molecule has 2 N–H and O–H groups in total. The average molecular weight is 171 g/mol. The Bertz CT molecular complexity index is 185. The van der Waals surface area contributed by atoms with Crippen LogP contribution in [-0.2, 0) is 9.47 Å². The zero-order valence-corrected chi connectivity index (χ0v) is 7.80. The molecule has 2 fully saturated rings. The zero-order valence-electron chi connectivity index (χ0n) is 7.80. The van der Waals surface area contributed by atoms with Crippen molar-refractivity contribution in [2.45, 2.75) is 43.9 Å². The fourth-order valence-corrected chi connectivity index (χ4v) is 2.36. The van der Waals surface area contributed by atoms with Gasteiger partial charge >= 0.3 is 0 Å². The Hall–Kier alpha value is -0.120. The highest BCUT2D eigenvalue weighted by Gasteiger charge is 2.58. The Morgan fingerprint density at radius 2 is 1.83 bits per heavy atom. The summed E-state index contributed by atoms with van der Waals surface area (Å²) in [5.74, 6) is 0. The molecule has 1 atom stereocenters. The molecule has 2 aliphatic rings. The second-order valence-corrected chi connectivity index (χ2v) is 4.36. The van der Waals surface area contributed by atoms with Gasteiger partial charge in [-0.05, 0) is 13.8 Å². The summed E-state index contributed by atoms with van der Waals surface area (Å²) in [6.07, 6.45) is 1.91. The van der Waals surface area contributed by atoms with Gasteiger partial charge < -0.3 is 15.2 Å². The molecule has 2 aliphatic heterocycles. The van der Waals surface area contributed by atoms with Crippen molar-refractivity contribution in [2.75, 3.05) is 13.2 Å². The van der Waals surface area contributed by atoms with E-state index in [1.807, 2.05) is 0 Å². The normalized spacial score (nSPS) is 37.8. The quantitative estimate of drug-likeness (QED) is 0.582. The summed E-state index contributed by atoms with van der Waals surface area (Å²) in [5.41, 5.74) is 5.90. The Kier molecular flexibility index (Phi) is 1.72. The van der Waals surface area contributed by atoms with Crippen LogP contribution in [0.15, 0.2) is 0 Å². The zero-order chi connectivity index (χ0) is 8.82. The first-order valence-corrected chi connectivity index (χ1v) is 4.60. The topological polar surface area (TPSA) is 44.5 Å². The smallest absolute Gasteiger partial charge is 0.0912 e. The minimum atomic E-state index is -0.128. The summed E-state index contributed by atoms with van der Waals surface area (Å²) in [4.78, 5) is 0. The highest BCUT2D eigenvalue weighted by molar-refractivity contribution is 5.11. The van der Waals surface area contributed by atoms with Gasteiger partial charge in [0.2, 0.25) is 0 Å². The maximum absolute atomic E-state index is 6.09. The average Bonchev–Trinajstić information content (AvgIpc) is 2.05. The van der Waals surface area contributed by atoms with Crippen LogP contribution in [0.2, 0.25) is 0 Å². The molecule has 0 saturated carbocycles. The molecule has 0 radical (unpaired) electrons. The van der Waals surface area contributed by atoms with Gasteiger partial charge in [0.1, 0.15) is 0 Å². The number of hydrogen-bond donors (Lipinski definition) is 1. The van der Waals surface area contributed by atoms with Crippen molar-refractivity contribution in [3.05, 3.63) is 0 Å². The summed E-state index contributed by atoms with van der Waals surface area (Å²) in [7, 11) is 0. The maximum Gasteiger partial charge on any atom is 0.0912 e. The first kappa shape index (κ1) is 8.48. The molecule has 0 aliphatic carbocycles. The second kappa shape index (κ2) is 2.44. The summed E-state index contributed by atoms with van der Waals surface area (Å²) >= 11 is 0. The number of ether oxygens (including phenoxy) is 2. The highest BCUT2D eigenvalue weighted by Crippen LogP contribution is 2.45. The Labute approximate surface area is 73.2 Å². The van der Waals surface area contributed by atoms with Gasteiger partial charge in [0.05, 0.1) is 17.2 Å². The number of hydrogen-bond acceptors (Lipinski definition) is 3. The minimum absolute atomic E-state index is 0.0538. The van der Waals surface area contributed by atoms with E-state index in [0.717, 1.165) is 26.1 Å². The van der Waals surface area contributed by atoms with Crippen LogP contribution < -0.4 is 5.73 Å². The lowest BCUT2D eigenvalue weighted by Crippen LogP contribution is -2.75. The second-order valence-electron chi connectivity index (χ2n) is 4.36. The van der Waals surface area contributed by atoms with Crippen molar-refractivity contribution in [2.24, 2.45) is 5.73 Å². The van der Waals surface area contributed by atoms with E-state index in [4.69, 9.17) is 15.2 Å². The lowest BCUT2D eigenvalue weighted by molar-refractivity contribution is -0.295. The molecule has 12 heavy (non-hydrogen) atoms. The van der Waals surface area contributed by atoms with Gasteiger partial charge in [-0.1, -0.05) is 0 Å². The highest BCUT2D eigenvalue weighted by atomic mass is 16.6. The van der Waals surface area contributed by atoms with Crippen molar-refractivity contribution < 1.29 is 9.47 Å². The first-order valence-electron chi connectivity index (χ1n) is 4.60. The van der Waals surface area contributed by atoms with Gasteiger partial charge in [0.25, 0.3) is 0 Å². The molecule has 3 nitrogen and oxygen atoms in total. The molecular formula is C9H17NO2. The Morgan fingerprint density at radius 3 is 2.25 bits per heavy atom. The standard InChI is InChI=1S/C9H17NO2/c1-8(2)7(10)9(12-8)3-5-11-6-4-9/h7H,3-6,10H2,1-2H3. The Morgan fingerprint density at radius 1 is 1.25 bits per heavy atom. The third-order valence-corrected chi connectivity index (χ3v) is 3.12. The van der Waals surface area contributed by atoms with Crippen molar-refractivity contribution in [1.29, 1.82) is 0 Å². The summed E-state index contributed by atoms with van der Waals surface area (Å²) < 4.78 is 11.1. The van der Waals surface area contributed by atoms with Crippen LogP contribution in [0.5, 0.6) is 0 Å². The van der Waals surface area contributed by atoms with Gasteiger partial charge in [-0.25, -0.2) is 0 Å². The van der Waals surface area contributed by atoms with Gasteiger partial charge in [-0.15, -0.1) is 0 Å². The molecular weight excluding hydrogens is 154 g/mol. The van der Waals surface area contributed by atoms with Crippen LogP contribution in [0.25, 0.3) is 0 Å². The monoisotopic (exact) mass is 171 g/mol. The van der Waals surface area contributed by atoms with Crippen molar-refractivity contribution >= 4 is 0 Å². The molecule has 2 saturated heterocycles. The number of nitrogens with two attached hydrogens (primary N) is 1. The molecule has 70 valence electrons. The summed E-state index contributed by atoms with van der Waals surface area (Å²) in [6.45, 7) is 5.70. The van der Waals surface area contributed by atoms with E-state index in [2.05, 4.69) is 13.8 Å². The van der Waals surface area contributed by atoms with Crippen LogP contribution in [0.1, 0.15) is 26.7 Å². The SMILES string of the molecule is CC1(C)OC2(CCOCC2)C1N. The molecule has 2 heterocycles. The molecule has 0 amide bonds. The fourth-order valence-electron chi connectivity index (χ4n) is 2.36. The Balaban J connectivity index is 2.05. The van der Waals surface area contributed by atoms with Gasteiger partial charge in [-0.3, -0.25) is 0 Å². The van der Waals surface area contributed by atoms with Crippen LogP contribution in [-0.4, -0.2) is 30.5 Å². The third kappa shape index (κ3) is 1.00. The largest absolute Gasteiger partial charge is 0.381 e. The van der Waals surface area contributed by atoms with Crippen LogP contribution in [0, 0.1) is 0 Å². The number of rotatable bonds is 0. The van der Waals surface area contributed by atoms with E-state index >= 15 is 0 Å². The first-order chi connectivity index (χ1) is 5.57. The molecule has 1 unspecified atom stereocenters. The van der Waals surface area contributed by atoms with E-state index < -0.39 is 0 Å². The van der Waals surface area contributed by atoms with E-state index in [1.165, 1.54) is 0 Å². The molecule has 0 aromatic carbocycles. The maximum atomic E-state index is 6.09. The molecule has 3 heteroatoms. The molecule has 0 aromatic heterocycles. The third-order valence-electron chi connectivity index (χ3n) is 3.12. The van der Waals surface area contributed by atoms with Crippen LogP contribution in [0.3, 0.4) is 0 Å². The minimum Gasteiger partial charge on any atom is -0.381 e. The van der Waals surface area contributed by atoms with Gasteiger partial charge in [0.15, 0.2) is 0 Å². The van der Waals surface area contributed by atoms with Gasteiger partial charge in [0, 0.05) is 26.1 Å². The molecule has 0 bridgehead atoms. The van der Waals surface area contributed by atoms with Crippen molar-refractivity contribution in [1.82, 2.24) is 0 Å². The predicted octanol–water partition coefficient (Wildman–Crippen LogP) is 0.672. The van der Waals surface area contributed by atoms with Crippen molar-refractivity contribution in [3.8, 4) is 0 Å². The lowest BCUT2D eigenvalue weighted by atomic mass is 9.72. The van der Waals surface area contributed by atoms with E-state index in [9.17, 15) is 0 Å². The van der Waals surface area contributed by atoms with E-state index in [-0.39, 0.29) is 17.2 Å². The fraction of sp³-hybridized carbons (Fsp3) is 1.00. The summed E-state index contributed by atoms with van der Waals surface area (Å²) in [5, 5.41) is 0. The molecule has 1 spiro atoms. The van der Waals surface area contributed by atoms with Crippen LogP contribution in [0.4, 0.5) is 0 Å². The van der Waals surface area contributed by atoms with E-state index in [1.54, 1.807) is 0 Å². The summed E-state index contributed by atoms with van der Waals surface area (Å²) in [6, 6.07) is 0.175. The molecule has 0 aromatic rings. The van der Waals surface area contributed by atoms with E-state index in [0.29, 0.717) is 0 Å². The van der Waals surface area contributed by atoms with Crippen LogP contribution >= 0.6 is 0 Å². The van der Waals surface area contributed by atoms with Crippen molar-refractivity contribution in [3.63, 3.8) is 0 Å².